The van der Waals surface area contributed by atoms with Crippen molar-refractivity contribution in [2.45, 2.75) is 30.7 Å². The molecular weight excluding hydrogens is 280 g/mol. The van der Waals surface area contributed by atoms with Gasteiger partial charge in [0.25, 0.3) is 0 Å². The molecule has 6 nitrogen and oxygen atoms in total. The number of sulfonamides is 1. The van der Waals surface area contributed by atoms with Crippen LogP contribution in [0.5, 0.6) is 0 Å². The maximum absolute atomic E-state index is 12.7. The lowest BCUT2D eigenvalue weighted by Crippen LogP contribution is -2.41. The molecule has 0 spiro atoms. The number of anilines is 1. The van der Waals surface area contributed by atoms with Crippen LogP contribution in [0, 0.1) is 6.92 Å². The second kappa shape index (κ2) is 5.41. The van der Waals surface area contributed by atoms with Gasteiger partial charge in [-0.05, 0) is 43.5 Å². The summed E-state index contributed by atoms with van der Waals surface area (Å²) in [5, 5.41) is 0. The highest BCUT2D eigenvalue weighted by atomic mass is 32.2. The summed E-state index contributed by atoms with van der Waals surface area (Å²) in [6.07, 6.45) is 1.13. The van der Waals surface area contributed by atoms with Gasteiger partial charge in [-0.3, -0.25) is 4.79 Å². The van der Waals surface area contributed by atoms with Crippen molar-refractivity contribution >= 4 is 21.7 Å². The summed E-state index contributed by atoms with van der Waals surface area (Å²) in [6.45, 7) is 2.01. The zero-order valence-electron chi connectivity index (χ0n) is 11.5. The summed E-state index contributed by atoms with van der Waals surface area (Å²) < 4.78 is 31.2. The molecule has 1 atom stereocenters. The van der Waals surface area contributed by atoms with Gasteiger partial charge in [-0.1, -0.05) is 0 Å². The number of esters is 1. The third-order valence-electron chi connectivity index (χ3n) is 3.46. The van der Waals surface area contributed by atoms with Crippen LogP contribution in [-0.2, 0) is 19.6 Å². The van der Waals surface area contributed by atoms with Gasteiger partial charge in [-0.15, -0.1) is 0 Å². The lowest BCUT2D eigenvalue weighted by Gasteiger charge is -2.23. The van der Waals surface area contributed by atoms with E-state index in [1.54, 1.807) is 19.1 Å². The Hall–Kier alpha value is -1.60. The van der Waals surface area contributed by atoms with Gasteiger partial charge in [0.05, 0.1) is 12.0 Å². The number of carbonyl (C=O) groups is 1. The van der Waals surface area contributed by atoms with Crippen molar-refractivity contribution in [3.63, 3.8) is 0 Å². The largest absolute Gasteiger partial charge is 0.468 e. The Morgan fingerprint density at radius 2 is 2.15 bits per heavy atom. The number of ether oxygens (including phenoxy) is 1. The van der Waals surface area contributed by atoms with Crippen LogP contribution in [0.25, 0.3) is 0 Å². The van der Waals surface area contributed by atoms with Crippen molar-refractivity contribution in [1.29, 1.82) is 0 Å². The van der Waals surface area contributed by atoms with Crippen LogP contribution < -0.4 is 5.73 Å². The highest BCUT2D eigenvalue weighted by molar-refractivity contribution is 7.89. The SMILES string of the molecule is COC(=O)C1CCCN1S(=O)(=O)c1ccc(N)cc1C. The van der Waals surface area contributed by atoms with E-state index in [1.807, 2.05) is 0 Å². The molecule has 1 heterocycles. The number of nitrogens with zero attached hydrogens (tertiary/aromatic N) is 1. The normalized spacial score (nSPS) is 20.0. The van der Waals surface area contributed by atoms with Gasteiger partial charge < -0.3 is 10.5 Å². The molecule has 0 bridgehead atoms. The topological polar surface area (TPSA) is 89.7 Å². The summed E-state index contributed by atoms with van der Waals surface area (Å²) in [4.78, 5) is 11.9. The minimum absolute atomic E-state index is 0.183. The fourth-order valence-corrected chi connectivity index (χ4v) is 4.34. The summed E-state index contributed by atoms with van der Waals surface area (Å²) in [5.41, 5.74) is 6.72. The molecule has 1 aliphatic heterocycles. The quantitative estimate of drug-likeness (QED) is 0.661. The number of nitrogen functional groups attached to an aromatic ring is 1. The molecule has 110 valence electrons. The van der Waals surface area contributed by atoms with Crippen LogP contribution in [0.1, 0.15) is 18.4 Å². The van der Waals surface area contributed by atoms with E-state index in [1.165, 1.54) is 17.5 Å². The number of hydrogen-bond donors (Lipinski definition) is 1. The number of rotatable bonds is 3. The molecule has 1 fully saturated rings. The van der Waals surface area contributed by atoms with Crippen LogP contribution in [-0.4, -0.2) is 38.4 Å². The Balaban J connectivity index is 2.41. The van der Waals surface area contributed by atoms with Gasteiger partial charge >= 0.3 is 5.97 Å². The first-order valence-electron chi connectivity index (χ1n) is 6.33. The fraction of sp³-hybridized carbons (Fsp3) is 0.462. The summed E-state index contributed by atoms with van der Waals surface area (Å²) in [7, 11) is -2.45. The van der Waals surface area contributed by atoms with Gasteiger partial charge in [0.15, 0.2) is 0 Å². The molecule has 1 unspecified atom stereocenters. The molecule has 2 rings (SSSR count). The minimum Gasteiger partial charge on any atom is -0.468 e. The fourth-order valence-electron chi connectivity index (χ4n) is 2.49. The molecule has 0 aliphatic carbocycles. The second-order valence-corrected chi connectivity index (χ2v) is 6.68. The van der Waals surface area contributed by atoms with E-state index < -0.39 is 22.0 Å². The molecule has 0 amide bonds. The maximum Gasteiger partial charge on any atom is 0.324 e. The molecule has 2 N–H and O–H groups in total. The molecule has 1 aromatic rings. The molecule has 1 saturated heterocycles. The lowest BCUT2D eigenvalue weighted by atomic mass is 10.2. The molecule has 0 radical (unpaired) electrons. The Morgan fingerprint density at radius 3 is 2.75 bits per heavy atom. The van der Waals surface area contributed by atoms with Crippen LogP contribution in [0.3, 0.4) is 0 Å². The Labute approximate surface area is 118 Å². The standard InChI is InChI=1S/C13H18N2O4S/c1-9-8-10(14)5-6-12(9)20(17,18)15-7-3-4-11(15)13(16)19-2/h5-6,8,11H,3-4,7,14H2,1-2H3. The van der Waals surface area contributed by atoms with Gasteiger partial charge in [0.2, 0.25) is 10.0 Å². The van der Waals surface area contributed by atoms with Crippen LogP contribution >= 0.6 is 0 Å². The summed E-state index contributed by atoms with van der Waals surface area (Å²) in [5.74, 6) is -0.515. The number of hydrogen-bond acceptors (Lipinski definition) is 5. The van der Waals surface area contributed by atoms with E-state index in [4.69, 9.17) is 5.73 Å². The molecule has 0 aromatic heterocycles. The monoisotopic (exact) mass is 298 g/mol. The van der Waals surface area contributed by atoms with Crippen molar-refractivity contribution < 1.29 is 17.9 Å². The van der Waals surface area contributed by atoms with Crippen molar-refractivity contribution in [3.8, 4) is 0 Å². The second-order valence-electron chi connectivity index (χ2n) is 4.82. The molecule has 20 heavy (non-hydrogen) atoms. The van der Waals surface area contributed by atoms with Gasteiger partial charge in [0.1, 0.15) is 6.04 Å². The number of methoxy groups -OCH3 is 1. The average molecular weight is 298 g/mol. The Kier molecular flexibility index (Phi) is 4.01. The highest BCUT2D eigenvalue weighted by Gasteiger charge is 2.40. The van der Waals surface area contributed by atoms with E-state index in [2.05, 4.69) is 4.74 Å². The predicted molar refractivity (Wildman–Crippen MR) is 74.5 cm³/mol. The zero-order chi connectivity index (χ0) is 14.9. The first-order valence-corrected chi connectivity index (χ1v) is 7.77. The number of aryl methyl sites for hydroxylation is 1. The Morgan fingerprint density at radius 1 is 1.45 bits per heavy atom. The number of benzene rings is 1. The van der Waals surface area contributed by atoms with Crippen molar-refractivity contribution in [1.82, 2.24) is 4.31 Å². The molecule has 1 aromatic carbocycles. The average Bonchev–Trinajstić information content (AvgIpc) is 2.87. The van der Waals surface area contributed by atoms with E-state index in [-0.39, 0.29) is 4.90 Å². The van der Waals surface area contributed by atoms with Crippen LogP contribution in [0.2, 0.25) is 0 Å². The van der Waals surface area contributed by atoms with E-state index in [0.717, 1.165) is 0 Å². The third kappa shape index (κ3) is 2.51. The third-order valence-corrected chi connectivity index (χ3v) is 5.53. The van der Waals surface area contributed by atoms with Gasteiger partial charge in [0, 0.05) is 12.2 Å². The summed E-state index contributed by atoms with van der Waals surface area (Å²) in [6, 6.07) is 3.90. The van der Waals surface area contributed by atoms with Crippen molar-refractivity contribution in [3.05, 3.63) is 23.8 Å². The van der Waals surface area contributed by atoms with Gasteiger partial charge in [-0.25, -0.2) is 8.42 Å². The summed E-state index contributed by atoms with van der Waals surface area (Å²) >= 11 is 0. The Bertz CT molecular complexity index is 627. The molecular formula is C13H18N2O4S. The minimum atomic E-state index is -3.71. The molecule has 0 saturated carbocycles. The van der Waals surface area contributed by atoms with E-state index in [9.17, 15) is 13.2 Å². The van der Waals surface area contributed by atoms with Crippen LogP contribution in [0.15, 0.2) is 23.1 Å². The molecule has 7 heteroatoms. The van der Waals surface area contributed by atoms with E-state index in [0.29, 0.717) is 30.6 Å². The van der Waals surface area contributed by atoms with E-state index >= 15 is 0 Å². The van der Waals surface area contributed by atoms with Gasteiger partial charge in [-0.2, -0.15) is 4.31 Å². The lowest BCUT2D eigenvalue weighted by molar-refractivity contribution is -0.144. The first-order chi connectivity index (χ1) is 9.37. The maximum atomic E-state index is 12.7. The smallest absolute Gasteiger partial charge is 0.324 e. The van der Waals surface area contributed by atoms with Crippen molar-refractivity contribution in [2.24, 2.45) is 0 Å². The number of carbonyl (C=O) groups excluding carboxylic acids is 1. The highest BCUT2D eigenvalue weighted by Crippen LogP contribution is 2.29. The first kappa shape index (κ1) is 14.8. The molecule has 1 aliphatic rings. The van der Waals surface area contributed by atoms with Crippen molar-refractivity contribution in [2.75, 3.05) is 19.4 Å². The van der Waals surface area contributed by atoms with Crippen LogP contribution in [0.4, 0.5) is 5.69 Å². The predicted octanol–water partition coefficient (Wildman–Crippen LogP) is 0.903. The zero-order valence-corrected chi connectivity index (χ0v) is 12.3. The number of nitrogens with two attached hydrogens (primary N) is 1.